The van der Waals surface area contributed by atoms with Crippen LogP contribution in [0.5, 0.6) is 0 Å². The number of rotatable bonds is 3. The van der Waals surface area contributed by atoms with Crippen molar-refractivity contribution >= 4 is 29.8 Å². The van der Waals surface area contributed by atoms with Crippen LogP contribution in [0, 0.1) is 5.92 Å². The van der Waals surface area contributed by atoms with E-state index < -0.39 is 6.95 Å². The van der Waals surface area contributed by atoms with Gasteiger partial charge in [0.1, 0.15) is 0 Å². The first-order chi connectivity index (χ1) is 5.31. The van der Waals surface area contributed by atoms with Gasteiger partial charge in [0.05, 0.1) is 0 Å². The Morgan fingerprint density at radius 2 is 1.83 bits per heavy atom. The van der Waals surface area contributed by atoms with E-state index in [1.807, 2.05) is 0 Å². The highest BCUT2D eigenvalue weighted by Crippen LogP contribution is 2.39. The SMILES string of the molecule is CCC(C)CCCl.O=P(O)(O)Cl. The summed E-state index contributed by atoms with van der Waals surface area (Å²) in [6.45, 7) is 0.250. The average molecular weight is 237 g/mol. The Bertz CT molecular complexity index is 128. The van der Waals surface area contributed by atoms with Crippen molar-refractivity contribution in [1.29, 1.82) is 0 Å². The first-order valence-electron chi connectivity index (χ1n) is 3.62. The lowest BCUT2D eigenvalue weighted by Gasteiger charge is -2.01. The Hall–Kier alpha value is 0.730. The van der Waals surface area contributed by atoms with Gasteiger partial charge in [0.2, 0.25) is 0 Å². The highest BCUT2D eigenvalue weighted by Gasteiger charge is 2.01. The second-order valence-electron chi connectivity index (χ2n) is 2.46. The zero-order chi connectivity index (χ0) is 10.2. The maximum atomic E-state index is 9.09. The molecule has 0 rings (SSSR count). The first-order valence-corrected chi connectivity index (χ1v) is 6.67. The monoisotopic (exact) mass is 236 g/mol. The van der Waals surface area contributed by atoms with E-state index >= 15 is 0 Å². The molecule has 0 aromatic heterocycles. The average Bonchev–Trinajstić information content (AvgIpc) is 1.85. The maximum absolute atomic E-state index is 9.09. The lowest BCUT2D eigenvalue weighted by molar-refractivity contribution is 0.395. The second-order valence-corrected chi connectivity index (χ2v) is 5.11. The molecule has 0 radical (unpaired) electrons. The van der Waals surface area contributed by atoms with Crippen molar-refractivity contribution in [2.75, 3.05) is 5.88 Å². The quantitative estimate of drug-likeness (QED) is 0.585. The summed E-state index contributed by atoms with van der Waals surface area (Å²) < 4.78 is 9.09. The van der Waals surface area contributed by atoms with Crippen LogP contribution in [0.25, 0.3) is 0 Å². The number of halogens is 2. The smallest absolute Gasteiger partial charge is 0.313 e. The summed E-state index contributed by atoms with van der Waals surface area (Å²) in [5.74, 6) is 1.63. The summed E-state index contributed by atoms with van der Waals surface area (Å²) in [5, 5.41) is 0. The van der Waals surface area contributed by atoms with E-state index in [0.717, 1.165) is 18.2 Å². The van der Waals surface area contributed by atoms with Crippen LogP contribution < -0.4 is 0 Å². The minimum absolute atomic E-state index is 0.814. The third kappa shape index (κ3) is 30.9. The van der Waals surface area contributed by atoms with E-state index in [1.165, 1.54) is 6.42 Å². The fourth-order valence-electron chi connectivity index (χ4n) is 0.390. The third-order valence-electron chi connectivity index (χ3n) is 1.30. The molecule has 1 atom stereocenters. The molecular weight excluding hydrogens is 222 g/mol. The molecule has 3 nitrogen and oxygen atoms in total. The Morgan fingerprint density at radius 1 is 1.50 bits per heavy atom. The topological polar surface area (TPSA) is 57.5 Å². The molecule has 0 heterocycles. The third-order valence-corrected chi connectivity index (χ3v) is 1.52. The molecule has 0 aliphatic heterocycles. The Balaban J connectivity index is 0. The minimum atomic E-state index is -4.17. The highest BCUT2D eigenvalue weighted by atomic mass is 35.7. The molecule has 76 valence electrons. The van der Waals surface area contributed by atoms with Gasteiger partial charge in [-0.2, -0.15) is 0 Å². The molecule has 2 N–H and O–H groups in total. The predicted octanol–water partition coefficient (Wildman–Crippen LogP) is 2.98. The lowest BCUT2D eigenvalue weighted by Crippen LogP contribution is -1.90. The largest absolute Gasteiger partial charge is 0.419 e. The maximum Gasteiger partial charge on any atom is 0.419 e. The van der Waals surface area contributed by atoms with Gasteiger partial charge in [-0.1, -0.05) is 20.3 Å². The fourth-order valence-corrected chi connectivity index (χ4v) is 0.763. The van der Waals surface area contributed by atoms with Crippen LogP contribution in [0.4, 0.5) is 0 Å². The number of hydrogen-bond donors (Lipinski definition) is 2. The van der Waals surface area contributed by atoms with E-state index in [4.69, 9.17) is 26.0 Å². The van der Waals surface area contributed by atoms with Gasteiger partial charge in [0.15, 0.2) is 0 Å². The van der Waals surface area contributed by atoms with Gasteiger partial charge in [-0.05, 0) is 12.3 Å². The second kappa shape index (κ2) is 8.33. The summed E-state index contributed by atoms with van der Waals surface area (Å²) in [4.78, 5) is 14.8. The molecule has 0 fully saturated rings. The van der Waals surface area contributed by atoms with Crippen LogP contribution in [-0.4, -0.2) is 15.7 Å². The molecule has 0 aromatic carbocycles. The molecule has 0 aromatic rings. The first kappa shape index (κ1) is 15.2. The van der Waals surface area contributed by atoms with E-state index in [-0.39, 0.29) is 0 Å². The van der Waals surface area contributed by atoms with Crippen molar-refractivity contribution in [2.24, 2.45) is 5.92 Å². The van der Waals surface area contributed by atoms with E-state index in [1.54, 1.807) is 0 Å². The summed E-state index contributed by atoms with van der Waals surface area (Å²) in [6, 6.07) is 0. The molecule has 0 aliphatic rings. The molecule has 1 unspecified atom stereocenters. The van der Waals surface area contributed by atoms with Gasteiger partial charge in [-0.25, -0.2) is 4.57 Å². The molecule has 0 amide bonds. The summed E-state index contributed by atoms with van der Waals surface area (Å²) in [5.41, 5.74) is 0. The van der Waals surface area contributed by atoms with Crippen molar-refractivity contribution in [2.45, 2.75) is 26.7 Å². The Labute approximate surface area is 83.0 Å². The number of hydrogen-bond acceptors (Lipinski definition) is 1. The van der Waals surface area contributed by atoms with Gasteiger partial charge in [0.25, 0.3) is 0 Å². The van der Waals surface area contributed by atoms with Gasteiger partial charge in [0, 0.05) is 17.1 Å². The fraction of sp³-hybridized carbons (Fsp3) is 1.00. The van der Waals surface area contributed by atoms with Crippen molar-refractivity contribution in [3.05, 3.63) is 0 Å². The van der Waals surface area contributed by atoms with Crippen molar-refractivity contribution < 1.29 is 14.4 Å². The number of alkyl halides is 1. The molecule has 0 spiro atoms. The normalized spacial score (nSPS) is 13.2. The van der Waals surface area contributed by atoms with Gasteiger partial charge in [-0.3, -0.25) is 0 Å². The van der Waals surface area contributed by atoms with Gasteiger partial charge in [-0.15, -0.1) is 11.6 Å². The van der Waals surface area contributed by atoms with Crippen LogP contribution in [0.2, 0.25) is 0 Å². The van der Waals surface area contributed by atoms with Crippen molar-refractivity contribution in [3.8, 4) is 0 Å². The molecular formula is C6H15Cl2O3P. The predicted molar refractivity (Wildman–Crippen MR) is 52.7 cm³/mol. The highest BCUT2D eigenvalue weighted by molar-refractivity contribution is 7.79. The van der Waals surface area contributed by atoms with Gasteiger partial charge < -0.3 is 9.79 Å². The summed E-state index contributed by atoms with van der Waals surface area (Å²) in [6.07, 6.45) is 2.42. The summed E-state index contributed by atoms with van der Waals surface area (Å²) >= 11 is 9.67. The standard InChI is InChI=1S/C6H13Cl.ClH2O3P/c1-3-6(2)4-5-7;1-5(2,3)4/h6H,3-5H2,1-2H3;(H2,2,3,4). The van der Waals surface area contributed by atoms with Crippen LogP contribution in [0.3, 0.4) is 0 Å². The molecule has 12 heavy (non-hydrogen) atoms. The van der Waals surface area contributed by atoms with E-state index in [9.17, 15) is 0 Å². The van der Waals surface area contributed by atoms with Crippen LogP contribution in [0.15, 0.2) is 0 Å². The van der Waals surface area contributed by atoms with Crippen LogP contribution >= 0.6 is 29.8 Å². The Morgan fingerprint density at radius 3 is 1.92 bits per heavy atom. The van der Waals surface area contributed by atoms with Crippen molar-refractivity contribution in [3.63, 3.8) is 0 Å². The zero-order valence-electron chi connectivity index (χ0n) is 7.20. The molecule has 0 saturated carbocycles. The molecule has 0 bridgehead atoms. The summed E-state index contributed by atoms with van der Waals surface area (Å²) in [7, 11) is 0. The lowest BCUT2D eigenvalue weighted by atomic mass is 10.1. The van der Waals surface area contributed by atoms with Crippen LogP contribution in [0.1, 0.15) is 26.7 Å². The minimum Gasteiger partial charge on any atom is -0.313 e. The Kier molecular flexibility index (Phi) is 10.6. The van der Waals surface area contributed by atoms with Crippen LogP contribution in [-0.2, 0) is 4.57 Å². The zero-order valence-corrected chi connectivity index (χ0v) is 9.61. The van der Waals surface area contributed by atoms with E-state index in [2.05, 4.69) is 25.1 Å². The molecule has 0 aliphatic carbocycles. The van der Waals surface area contributed by atoms with Gasteiger partial charge >= 0.3 is 6.95 Å². The molecule has 6 heteroatoms. The molecule has 0 saturated heterocycles. The van der Waals surface area contributed by atoms with E-state index in [0.29, 0.717) is 0 Å². The van der Waals surface area contributed by atoms with Crippen molar-refractivity contribution in [1.82, 2.24) is 0 Å².